The molecule has 2 N–H and O–H groups in total. The summed E-state index contributed by atoms with van der Waals surface area (Å²) in [4.78, 5) is 21.4. The van der Waals surface area contributed by atoms with Gasteiger partial charge in [0.1, 0.15) is 6.04 Å². The van der Waals surface area contributed by atoms with Gasteiger partial charge in [0.15, 0.2) is 5.75 Å². The largest absolute Gasteiger partial charge is 0.487 e. The van der Waals surface area contributed by atoms with E-state index in [-0.39, 0.29) is 18.0 Å². The summed E-state index contributed by atoms with van der Waals surface area (Å²) in [6.45, 7) is 2.19. The SMILES string of the molecule is CCCOc1cc(NC(COC)C(=O)O)ccc1[N+](=O)[O-]. The van der Waals surface area contributed by atoms with E-state index in [1.165, 1.54) is 25.3 Å². The number of hydrogen-bond acceptors (Lipinski definition) is 6. The number of carboxylic acid groups (broad SMARTS) is 1. The maximum Gasteiger partial charge on any atom is 0.328 e. The van der Waals surface area contributed by atoms with Crippen molar-refractivity contribution in [1.82, 2.24) is 0 Å². The number of carboxylic acids is 1. The monoisotopic (exact) mass is 298 g/mol. The number of methoxy groups -OCH3 is 1. The highest BCUT2D eigenvalue weighted by molar-refractivity contribution is 5.78. The van der Waals surface area contributed by atoms with Crippen molar-refractivity contribution in [2.45, 2.75) is 19.4 Å². The lowest BCUT2D eigenvalue weighted by Crippen LogP contribution is -2.33. The van der Waals surface area contributed by atoms with Gasteiger partial charge in [-0.1, -0.05) is 6.92 Å². The van der Waals surface area contributed by atoms with Gasteiger partial charge in [-0.3, -0.25) is 10.1 Å². The second-order valence-electron chi connectivity index (χ2n) is 4.28. The van der Waals surface area contributed by atoms with Crippen molar-refractivity contribution in [3.63, 3.8) is 0 Å². The van der Waals surface area contributed by atoms with Crippen LogP contribution < -0.4 is 10.1 Å². The minimum Gasteiger partial charge on any atom is -0.487 e. The molecule has 0 radical (unpaired) electrons. The molecular weight excluding hydrogens is 280 g/mol. The lowest BCUT2D eigenvalue weighted by Gasteiger charge is -2.15. The Labute approximate surface area is 121 Å². The number of nitro benzene ring substituents is 1. The third-order valence-corrected chi connectivity index (χ3v) is 2.59. The number of anilines is 1. The molecule has 21 heavy (non-hydrogen) atoms. The Balaban J connectivity index is 2.97. The molecule has 116 valence electrons. The van der Waals surface area contributed by atoms with E-state index in [0.717, 1.165) is 0 Å². The lowest BCUT2D eigenvalue weighted by atomic mass is 10.2. The summed E-state index contributed by atoms with van der Waals surface area (Å²) in [5, 5.41) is 22.7. The van der Waals surface area contributed by atoms with Gasteiger partial charge in [-0.15, -0.1) is 0 Å². The van der Waals surface area contributed by atoms with Crippen LogP contribution >= 0.6 is 0 Å². The first-order valence-corrected chi connectivity index (χ1v) is 6.39. The molecule has 8 nitrogen and oxygen atoms in total. The van der Waals surface area contributed by atoms with Crippen molar-refractivity contribution in [3.05, 3.63) is 28.3 Å². The van der Waals surface area contributed by atoms with Crippen molar-refractivity contribution in [2.24, 2.45) is 0 Å². The fourth-order valence-electron chi connectivity index (χ4n) is 1.62. The Morgan fingerprint density at radius 1 is 1.52 bits per heavy atom. The van der Waals surface area contributed by atoms with Crippen LogP contribution in [0.3, 0.4) is 0 Å². The molecule has 0 aromatic heterocycles. The minimum absolute atomic E-state index is 0.0303. The quantitative estimate of drug-likeness (QED) is 0.529. The van der Waals surface area contributed by atoms with Gasteiger partial charge in [-0.05, 0) is 12.5 Å². The van der Waals surface area contributed by atoms with Crippen LogP contribution in [0, 0.1) is 10.1 Å². The molecule has 0 saturated carbocycles. The topological polar surface area (TPSA) is 111 Å². The van der Waals surface area contributed by atoms with E-state index < -0.39 is 16.9 Å². The van der Waals surface area contributed by atoms with E-state index in [2.05, 4.69) is 5.32 Å². The van der Waals surface area contributed by atoms with Crippen molar-refractivity contribution < 1.29 is 24.3 Å². The van der Waals surface area contributed by atoms with Crippen LogP contribution in [0.5, 0.6) is 5.75 Å². The molecule has 1 atom stereocenters. The maximum absolute atomic E-state index is 11.0. The number of carbonyl (C=O) groups is 1. The number of hydrogen-bond donors (Lipinski definition) is 2. The molecule has 1 rings (SSSR count). The van der Waals surface area contributed by atoms with Crippen LogP contribution in [-0.2, 0) is 9.53 Å². The summed E-state index contributed by atoms with van der Waals surface area (Å²) in [7, 11) is 1.39. The van der Waals surface area contributed by atoms with Crippen molar-refractivity contribution in [2.75, 3.05) is 25.6 Å². The Morgan fingerprint density at radius 3 is 2.76 bits per heavy atom. The molecule has 0 saturated heterocycles. The highest BCUT2D eigenvalue weighted by Gasteiger charge is 2.20. The van der Waals surface area contributed by atoms with Gasteiger partial charge in [-0.2, -0.15) is 0 Å². The number of rotatable bonds is 9. The molecule has 0 bridgehead atoms. The number of benzene rings is 1. The Morgan fingerprint density at radius 2 is 2.24 bits per heavy atom. The molecule has 0 spiro atoms. The van der Waals surface area contributed by atoms with Gasteiger partial charge in [-0.25, -0.2) is 4.79 Å². The van der Waals surface area contributed by atoms with E-state index in [4.69, 9.17) is 14.6 Å². The number of nitrogens with zero attached hydrogens (tertiary/aromatic N) is 1. The maximum atomic E-state index is 11.0. The Hall–Kier alpha value is -2.35. The van der Waals surface area contributed by atoms with Crippen LogP contribution in [0.2, 0.25) is 0 Å². The Kier molecular flexibility index (Phi) is 6.41. The number of nitro groups is 1. The van der Waals surface area contributed by atoms with E-state index in [1.54, 1.807) is 0 Å². The zero-order valence-corrected chi connectivity index (χ0v) is 11.9. The zero-order chi connectivity index (χ0) is 15.8. The van der Waals surface area contributed by atoms with Gasteiger partial charge < -0.3 is 19.9 Å². The first kappa shape index (κ1) is 16.7. The number of nitrogens with one attached hydrogen (secondary N) is 1. The summed E-state index contributed by atoms with van der Waals surface area (Å²) in [6, 6.07) is 3.18. The van der Waals surface area contributed by atoms with E-state index in [0.29, 0.717) is 18.7 Å². The molecular formula is C13H18N2O6. The lowest BCUT2D eigenvalue weighted by molar-refractivity contribution is -0.385. The fraction of sp³-hybridized carbons (Fsp3) is 0.462. The van der Waals surface area contributed by atoms with E-state index in [1.807, 2.05) is 6.92 Å². The summed E-state index contributed by atoms with van der Waals surface area (Å²) in [5.41, 5.74) is 0.253. The van der Waals surface area contributed by atoms with E-state index >= 15 is 0 Å². The predicted molar refractivity (Wildman–Crippen MR) is 75.8 cm³/mol. The normalized spacial score (nSPS) is 11.7. The summed E-state index contributed by atoms with van der Waals surface area (Å²) in [5.74, 6) is -0.973. The molecule has 0 aliphatic heterocycles. The summed E-state index contributed by atoms with van der Waals surface area (Å²) < 4.78 is 10.1. The number of aliphatic carboxylic acids is 1. The van der Waals surface area contributed by atoms with Gasteiger partial charge in [0.2, 0.25) is 0 Å². The third kappa shape index (κ3) is 4.92. The van der Waals surface area contributed by atoms with Gasteiger partial charge in [0.25, 0.3) is 0 Å². The third-order valence-electron chi connectivity index (χ3n) is 2.59. The fourth-order valence-corrected chi connectivity index (χ4v) is 1.62. The summed E-state index contributed by atoms with van der Waals surface area (Å²) >= 11 is 0. The first-order chi connectivity index (χ1) is 9.99. The average molecular weight is 298 g/mol. The van der Waals surface area contributed by atoms with Crippen LogP contribution in [0.4, 0.5) is 11.4 Å². The molecule has 0 heterocycles. The number of ether oxygens (including phenoxy) is 2. The smallest absolute Gasteiger partial charge is 0.328 e. The molecule has 0 fully saturated rings. The second kappa shape index (κ2) is 8.05. The molecule has 0 amide bonds. The highest BCUT2D eigenvalue weighted by atomic mass is 16.6. The van der Waals surface area contributed by atoms with Crippen LogP contribution in [-0.4, -0.2) is 42.4 Å². The van der Waals surface area contributed by atoms with Crippen molar-refractivity contribution in [3.8, 4) is 5.75 Å². The minimum atomic E-state index is -1.08. The van der Waals surface area contributed by atoms with Crippen LogP contribution in [0.15, 0.2) is 18.2 Å². The standard InChI is InChI=1S/C13H18N2O6/c1-3-6-21-12-7-9(4-5-11(12)15(18)19)14-10(8-20-2)13(16)17/h4-5,7,10,14H,3,6,8H2,1-2H3,(H,16,17). The van der Waals surface area contributed by atoms with Crippen LogP contribution in [0.25, 0.3) is 0 Å². The molecule has 0 aliphatic rings. The van der Waals surface area contributed by atoms with Gasteiger partial charge in [0.05, 0.1) is 18.1 Å². The van der Waals surface area contributed by atoms with Crippen LogP contribution in [0.1, 0.15) is 13.3 Å². The molecule has 8 heteroatoms. The predicted octanol–water partition coefficient (Wildman–Crippen LogP) is 1.90. The zero-order valence-electron chi connectivity index (χ0n) is 11.9. The highest BCUT2D eigenvalue weighted by Crippen LogP contribution is 2.30. The van der Waals surface area contributed by atoms with Gasteiger partial charge >= 0.3 is 11.7 Å². The second-order valence-corrected chi connectivity index (χ2v) is 4.28. The van der Waals surface area contributed by atoms with Gasteiger partial charge in [0, 0.05) is 24.9 Å². The van der Waals surface area contributed by atoms with Crippen molar-refractivity contribution in [1.29, 1.82) is 0 Å². The molecule has 1 unspecified atom stereocenters. The van der Waals surface area contributed by atoms with Crippen molar-refractivity contribution >= 4 is 17.3 Å². The van der Waals surface area contributed by atoms with E-state index in [9.17, 15) is 14.9 Å². The summed E-state index contributed by atoms with van der Waals surface area (Å²) in [6.07, 6.45) is 0.705. The Bertz CT molecular complexity index is 505. The molecule has 1 aromatic rings. The average Bonchev–Trinajstić information content (AvgIpc) is 2.44. The molecule has 1 aromatic carbocycles. The first-order valence-electron chi connectivity index (χ1n) is 6.39. The molecule has 0 aliphatic carbocycles.